The summed E-state index contributed by atoms with van der Waals surface area (Å²) in [5.74, 6) is -0.188. The van der Waals surface area contributed by atoms with E-state index in [-0.39, 0.29) is 18.4 Å². The monoisotopic (exact) mass is 236 g/mol. The predicted molar refractivity (Wildman–Crippen MR) is 68.4 cm³/mol. The molecule has 0 aliphatic rings. The van der Waals surface area contributed by atoms with Crippen LogP contribution in [-0.4, -0.2) is 37.4 Å². The van der Waals surface area contributed by atoms with Crippen LogP contribution in [0.1, 0.15) is 13.3 Å². The van der Waals surface area contributed by atoms with Crippen LogP contribution < -0.4 is 5.32 Å². The van der Waals surface area contributed by atoms with Gasteiger partial charge in [0.15, 0.2) is 0 Å². The average Bonchev–Trinajstić information content (AvgIpc) is 2.38. The summed E-state index contributed by atoms with van der Waals surface area (Å²) in [6.07, 6.45) is 0.417. The molecule has 4 heteroatoms. The zero-order valence-corrected chi connectivity index (χ0v) is 10.6. The first-order valence-electron chi connectivity index (χ1n) is 5.54. The van der Waals surface area contributed by atoms with Crippen LogP contribution in [0.5, 0.6) is 0 Å². The Morgan fingerprint density at radius 1 is 1.00 bits per heavy atom. The number of carbonyl (C=O) groups is 2. The minimum atomic E-state index is -0.0970. The Morgan fingerprint density at radius 3 is 1.71 bits per heavy atom. The molecular weight excluding hydrogens is 216 g/mol. The van der Waals surface area contributed by atoms with E-state index in [2.05, 4.69) is 5.32 Å². The first-order chi connectivity index (χ1) is 8.07. The summed E-state index contributed by atoms with van der Waals surface area (Å²) in [5.41, 5.74) is 0. The molecule has 1 rings (SSSR count). The predicted octanol–water partition coefficient (Wildman–Crippen LogP) is 1.29. The van der Waals surface area contributed by atoms with Crippen LogP contribution in [0.25, 0.3) is 0 Å². The van der Waals surface area contributed by atoms with Gasteiger partial charge in [-0.15, -0.1) is 0 Å². The number of nitrogens with zero attached hydrogens (tertiary/aromatic N) is 1. The van der Waals surface area contributed by atoms with E-state index in [1.54, 1.807) is 21.0 Å². The molecule has 0 saturated heterocycles. The summed E-state index contributed by atoms with van der Waals surface area (Å²) in [4.78, 5) is 23.0. The molecule has 0 spiro atoms. The molecular formula is C13H20N2O2. The Hall–Kier alpha value is -1.84. The van der Waals surface area contributed by atoms with Crippen LogP contribution >= 0.6 is 0 Å². The number of rotatable bonds is 3. The third kappa shape index (κ3) is 9.11. The highest BCUT2D eigenvalue weighted by atomic mass is 16.2. The van der Waals surface area contributed by atoms with Crippen molar-refractivity contribution in [2.75, 3.05) is 20.6 Å². The lowest BCUT2D eigenvalue weighted by Gasteiger charge is -2.09. The summed E-state index contributed by atoms with van der Waals surface area (Å²) in [5, 5.41) is 2.48. The lowest BCUT2D eigenvalue weighted by Crippen LogP contribution is -2.35. The highest BCUT2D eigenvalue weighted by molar-refractivity contribution is 5.84. The molecule has 0 unspecified atom stereocenters. The maximum Gasteiger partial charge on any atom is 0.241 e. The van der Waals surface area contributed by atoms with Gasteiger partial charge in [-0.1, -0.05) is 43.3 Å². The van der Waals surface area contributed by atoms with E-state index in [0.717, 1.165) is 0 Å². The Morgan fingerprint density at radius 2 is 1.41 bits per heavy atom. The van der Waals surface area contributed by atoms with Gasteiger partial charge in [-0.25, -0.2) is 0 Å². The SMILES string of the molecule is CCC(=O)NCC(=O)N(C)C.c1ccccc1. The molecule has 0 aromatic heterocycles. The Labute approximate surface area is 103 Å². The maximum atomic E-state index is 10.9. The van der Waals surface area contributed by atoms with E-state index in [4.69, 9.17) is 0 Å². The maximum absolute atomic E-state index is 10.9. The van der Waals surface area contributed by atoms with Gasteiger partial charge in [0.05, 0.1) is 6.54 Å². The van der Waals surface area contributed by atoms with Crippen molar-refractivity contribution in [3.05, 3.63) is 36.4 Å². The second-order valence-electron chi connectivity index (χ2n) is 3.57. The van der Waals surface area contributed by atoms with Gasteiger partial charge in [0.2, 0.25) is 11.8 Å². The average molecular weight is 236 g/mol. The van der Waals surface area contributed by atoms with Gasteiger partial charge < -0.3 is 10.2 Å². The summed E-state index contributed by atoms with van der Waals surface area (Å²) in [7, 11) is 3.31. The summed E-state index contributed by atoms with van der Waals surface area (Å²) < 4.78 is 0. The van der Waals surface area contributed by atoms with Gasteiger partial charge in [-0.2, -0.15) is 0 Å². The Balaban J connectivity index is 0.000000354. The van der Waals surface area contributed by atoms with Crippen molar-refractivity contribution in [1.29, 1.82) is 0 Å². The fourth-order valence-electron chi connectivity index (χ4n) is 0.842. The van der Waals surface area contributed by atoms with E-state index in [1.165, 1.54) is 4.90 Å². The fourth-order valence-corrected chi connectivity index (χ4v) is 0.842. The van der Waals surface area contributed by atoms with E-state index in [9.17, 15) is 9.59 Å². The Kier molecular flexibility index (Phi) is 8.37. The van der Waals surface area contributed by atoms with Crippen molar-refractivity contribution < 1.29 is 9.59 Å². The second kappa shape index (κ2) is 9.39. The van der Waals surface area contributed by atoms with Crippen molar-refractivity contribution in [2.45, 2.75) is 13.3 Å². The third-order valence-electron chi connectivity index (χ3n) is 1.92. The van der Waals surface area contributed by atoms with E-state index < -0.39 is 0 Å². The van der Waals surface area contributed by atoms with Crippen LogP contribution in [0.4, 0.5) is 0 Å². The molecule has 4 nitrogen and oxygen atoms in total. The molecule has 1 aromatic carbocycles. The molecule has 0 saturated carbocycles. The zero-order valence-electron chi connectivity index (χ0n) is 10.6. The molecule has 17 heavy (non-hydrogen) atoms. The molecule has 0 aliphatic carbocycles. The van der Waals surface area contributed by atoms with Gasteiger partial charge in [0.25, 0.3) is 0 Å². The highest BCUT2D eigenvalue weighted by Gasteiger charge is 2.04. The first kappa shape index (κ1) is 15.2. The van der Waals surface area contributed by atoms with Crippen molar-refractivity contribution in [1.82, 2.24) is 10.2 Å². The molecule has 2 amide bonds. The molecule has 0 heterocycles. The number of carbonyl (C=O) groups excluding carboxylic acids is 2. The summed E-state index contributed by atoms with van der Waals surface area (Å²) in [6.45, 7) is 1.84. The van der Waals surface area contributed by atoms with Crippen molar-refractivity contribution >= 4 is 11.8 Å². The smallest absolute Gasteiger partial charge is 0.241 e. The van der Waals surface area contributed by atoms with E-state index in [0.29, 0.717) is 6.42 Å². The largest absolute Gasteiger partial charge is 0.347 e. The quantitative estimate of drug-likeness (QED) is 0.859. The van der Waals surface area contributed by atoms with Crippen molar-refractivity contribution in [3.63, 3.8) is 0 Å². The summed E-state index contributed by atoms with van der Waals surface area (Å²) in [6, 6.07) is 12.0. The number of amides is 2. The standard InChI is InChI=1S/C7H14N2O2.C6H6/c1-4-6(10)8-5-7(11)9(2)3;1-2-4-6-5-3-1/h4-5H2,1-3H3,(H,8,10);1-6H. The van der Waals surface area contributed by atoms with Crippen LogP contribution in [0.15, 0.2) is 36.4 Å². The topological polar surface area (TPSA) is 49.4 Å². The molecule has 0 fully saturated rings. The zero-order chi connectivity index (χ0) is 13.1. The second-order valence-corrected chi connectivity index (χ2v) is 3.57. The first-order valence-corrected chi connectivity index (χ1v) is 5.54. The lowest BCUT2D eigenvalue weighted by molar-refractivity contribution is -0.130. The molecule has 1 N–H and O–H groups in total. The molecule has 1 aromatic rings. The minimum absolute atomic E-state index is 0.0909. The van der Waals surface area contributed by atoms with Gasteiger partial charge in [-0.3, -0.25) is 9.59 Å². The molecule has 0 atom stereocenters. The number of benzene rings is 1. The molecule has 94 valence electrons. The van der Waals surface area contributed by atoms with Crippen LogP contribution in [0, 0.1) is 0 Å². The number of hydrogen-bond acceptors (Lipinski definition) is 2. The van der Waals surface area contributed by atoms with E-state index in [1.807, 2.05) is 36.4 Å². The van der Waals surface area contributed by atoms with Gasteiger partial charge >= 0.3 is 0 Å². The van der Waals surface area contributed by atoms with Crippen molar-refractivity contribution in [2.24, 2.45) is 0 Å². The van der Waals surface area contributed by atoms with E-state index >= 15 is 0 Å². The molecule has 0 radical (unpaired) electrons. The van der Waals surface area contributed by atoms with Crippen LogP contribution in [-0.2, 0) is 9.59 Å². The van der Waals surface area contributed by atoms with Gasteiger partial charge in [-0.05, 0) is 0 Å². The van der Waals surface area contributed by atoms with Crippen LogP contribution in [0.3, 0.4) is 0 Å². The highest BCUT2D eigenvalue weighted by Crippen LogP contribution is 1.80. The van der Waals surface area contributed by atoms with Crippen molar-refractivity contribution in [3.8, 4) is 0 Å². The normalized spacial score (nSPS) is 8.65. The third-order valence-corrected chi connectivity index (χ3v) is 1.92. The fraction of sp³-hybridized carbons (Fsp3) is 0.385. The Bertz CT molecular complexity index is 297. The summed E-state index contributed by atoms with van der Waals surface area (Å²) >= 11 is 0. The van der Waals surface area contributed by atoms with Gasteiger partial charge in [0, 0.05) is 20.5 Å². The van der Waals surface area contributed by atoms with Gasteiger partial charge in [0.1, 0.15) is 0 Å². The minimum Gasteiger partial charge on any atom is -0.347 e. The molecule has 0 bridgehead atoms. The molecule has 0 aliphatic heterocycles. The lowest BCUT2D eigenvalue weighted by atomic mass is 10.4. The van der Waals surface area contributed by atoms with Crippen LogP contribution in [0.2, 0.25) is 0 Å². The number of likely N-dealkylation sites (N-methyl/N-ethyl adjacent to an activating group) is 1. The number of nitrogens with one attached hydrogen (secondary N) is 1. The number of hydrogen-bond donors (Lipinski definition) is 1.